The van der Waals surface area contributed by atoms with E-state index in [1.807, 2.05) is 32.0 Å². The molecule has 1 N–H and O–H groups in total. The summed E-state index contributed by atoms with van der Waals surface area (Å²) in [6, 6.07) is 12.6. The molecule has 1 heterocycles. The van der Waals surface area contributed by atoms with E-state index < -0.39 is 23.7 Å². The van der Waals surface area contributed by atoms with Gasteiger partial charge in [-0.3, -0.25) is 24.1 Å². The van der Waals surface area contributed by atoms with Gasteiger partial charge in [-0.25, -0.2) is 0 Å². The number of benzene rings is 2. The molecule has 0 aliphatic carbocycles. The molecule has 0 unspecified atom stereocenters. The summed E-state index contributed by atoms with van der Waals surface area (Å²) in [7, 11) is 0. The van der Waals surface area contributed by atoms with Crippen LogP contribution in [0.3, 0.4) is 0 Å². The van der Waals surface area contributed by atoms with Crippen molar-refractivity contribution in [2.45, 2.75) is 20.8 Å². The number of para-hydroxylation sites is 1. The number of thioether (sulfide) groups is 1. The van der Waals surface area contributed by atoms with E-state index in [2.05, 4.69) is 5.32 Å². The van der Waals surface area contributed by atoms with Crippen LogP contribution < -0.4 is 10.1 Å². The van der Waals surface area contributed by atoms with Gasteiger partial charge in [0.05, 0.1) is 11.5 Å². The van der Waals surface area contributed by atoms with Crippen LogP contribution in [0.4, 0.5) is 10.5 Å². The van der Waals surface area contributed by atoms with Gasteiger partial charge in [0.25, 0.3) is 17.1 Å². The molecule has 0 spiro atoms. The zero-order valence-electron chi connectivity index (χ0n) is 18.5. The highest BCUT2D eigenvalue weighted by molar-refractivity contribution is 8.18. The van der Waals surface area contributed by atoms with Crippen LogP contribution in [0.25, 0.3) is 6.08 Å². The number of aryl methyl sites for hydroxylation is 2. The molecule has 8 nitrogen and oxygen atoms in total. The molecule has 0 saturated carbocycles. The molecule has 0 radical (unpaired) electrons. The average molecular weight is 469 g/mol. The topological polar surface area (TPSA) is 102 Å². The number of anilines is 1. The summed E-state index contributed by atoms with van der Waals surface area (Å²) in [6.45, 7) is 5.02. The Labute approximate surface area is 195 Å². The maximum absolute atomic E-state index is 12.6. The molecular weight excluding hydrogens is 444 g/mol. The fourth-order valence-corrected chi connectivity index (χ4v) is 3.96. The molecule has 3 amide bonds. The van der Waals surface area contributed by atoms with Crippen LogP contribution in [0.2, 0.25) is 0 Å². The number of esters is 1. The van der Waals surface area contributed by atoms with Crippen LogP contribution in [0.15, 0.2) is 47.4 Å². The van der Waals surface area contributed by atoms with Crippen molar-refractivity contribution in [3.05, 3.63) is 64.1 Å². The third-order valence-electron chi connectivity index (χ3n) is 4.69. The number of rotatable bonds is 8. The molecule has 3 rings (SSSR count). The molecule has 0 aromatic heterocycles. The number of hydrogen-bond donors (Lipinski definition) is 1. The summed E-state index contributed by atoms with van der Waals surface area (Å²) in [6.07, 6.45) is 1.51. The number of carbonyl (C=O) groups is 4. The molecule has 2 aromatic rings. The average Bonchev–Trinajstić information content (AvgIpc) is 3.02. The van der Waals surface area contributed by atoms with E-state index in [-0.39, 0.29) is 24.0 Å². The van der Waals surface area contributed by atoms with E-state index in [9.17, 15) is 19.2 Å². The first-order chi connectivity index (χ1) is 15.8. The number of imide groups is 1. The van der Waals surface area contributed by atoms with Gasteiger partial charge < -0.3 is 14.8 Å². The summed E-state index contributed by atoms with van der Waals surface area (Å²) in [5.74, 6) is -1.18. The van der Waals surface area contributed by atoms with Crippen molar-refractivity contribution in [2.75, 3.05) is 25.1 Å². The highest BCUT2D eigenvalue weighted by Crippen LogP contribution is 2.34. The first-order valence-electron chi connectivity index (χ1n) is 10.3. The van der Waals surface area contributed by atoms with Gasteiger partial charge in [0.2, 0.25) is 0 Å². The van der Waals surface area contributed by atoms with Gasteiger partial charge in [0.15, 0.2) is 6.61 Å². The Morgan fingerprint density at radius 2 is 1.88 bits per heavy atom. The Kier molecular flexibility index (Phi) is 7.89. The molecule has 1 fully saturated rings. The third kappa shape index (κ3) is 6.23. The van der Waals surface area contributed by atoms with E-state index in [1.54, 1.807) is 31.2 Å². The minimum atomic E-state index is -0.653. The largest absolute Gasteiger partial charge is 0.483 e. The normalized spacial score (nSPS) is 14.5. The van der Waals surface area contributed by atoms with E-state index in [4.69, 9.17) is 9.47 Å². The van der Waals surface area contributed by atoms with E-state index in [0.717, 1.165) is 27.8 Å². The Hall–Kier alpha value is -3.59. The molecule has 0 bridgehead atoms. The standard InChI is InChI=1S/C24H24N2O6S/c1-4-31-22(28)13-26-23(29)20(33-24(26)30)12-17-7-5-6-8-19(17)32-14-21(27)25-18-10-9-15(2)11-16(18)3/h5-12H,4,13-14H2,1-3H3,(H,25,27)/b20-12-. The summed E-state index contributed by atoms with van der Waals surface area (Å²) in [4.78, 5) is 49.8. The van der Waals surface area contributed by atoms with Crippen molar-refractivity contribution in [1.29, 1.82) is 0 Å². The van der Waals surface area contributed by atoms with Crippen LogP contribution in [-0.2, 0) is 19.1 Å². The Bertz CT molecular complexity index is 1130. The monoisotopic (exact) mass is 468 g/mol. The predicted molar refractivity (Wildman–Crippen MR) is 126 cm³/mol. The van der Waals surface area contributed by atoms with Crippen molar-refractivity contribution in [2.24, 2.45) is 0 Å². The quantitative estimate of drug-likeness (QED) is 0.463. The Morgan fingerprint density at radius 3 is 2.61 bits per heavy atom. The number of ether oxygens (including phenoxy) is 2. The Balaban J connectivity index is 1.68. The van der Waals surface area contributed by atoms with Crippen molar-refractivity contribution >= 4 is 46.5 Å². The highest BCUT2D eigenvalue weighted by atomic mass is 32.2. The number of nitrogens with zero attached hydrogens (tertiary/aromatic N) is 1. The second-order valence-corrected chi connectivity index (χ2v) is 8.26. The maximum Gasteiger partial charge on any atom is 0.326 e. The molecule has 1 aliphatic rings. The van der Waals surface area contributed by atoms with E-state index >= 15 is 0 Å². The minimum Gasteiger partial charge on any atom is -0.483 e. The predicted octanol–water partition coefficient (Wildman–Crippen LogP) is 3.92. The number of carbonyl (C=O) groups excluding carboxylic acids is 4. The lowest BCUT2D eigenvalue weighted by molar-refractivity contribution is -0.146. The van der Waals surface area contributed by atoms with Crippen molar-refractivity contribution in [3.63, 3.8) is 0 Å². The molecule has 33 heavy (non-hydrogen) atoms. The molecular formula is C24H24N2O6S. The second kappa shape index (κ2) is 10.8. The van der Waals surface area contributed by atoms with Crippen LogP contribution in [0.1, 0.15) is 23.6 Å². The van der Waals surface area contributed by atoms with Crippen molar-refractivity contribution in [1.82, 2.24) is 4.90 Å². The molecule has 1 saturated heterocycles. The number of nitrogens with one attached hydrogen (secondary N) is 1. The fourth-order valence-electron chi connectivity index (χ4n) is 3.13. The van der Waals surface area contributed by atoms with Crippen LogP contribution in [0.5, 0.6) is 5.75 Å². The summed E-state index contributed by atoms with van der Waals surface area (Å²) in [5.41, 5.74) is 3.28. The highest BCUT2D eigenvalue weighted by Gasteiger charge is 2.36. The SMILES string of the molecule is CCOC(=O)CN1C(=O)S/C(=C\c2ccccc2OCC(=O)Nc2ccc(C)cc2C)C1=O. The van der Waals surface area contributed by atoms with Crippen LogP contribution >= 0.6 is 11.8 Å². The first kappa shape index (κ1) is 24.1. The molecule has 2 aromatic carbocycles. The molecule has 172 valence electrons. The van der Waals surface area contributed by atoms with Gasteiger partial charge in [-0.15, -0.1) is 0 Å². The summed E-state index contributed by atoms with van der Waals surface area (Å²) in [5, 5.41) is 2.26. The number of amides is 3. The molecule has 9 heteroatoms. The van der Waals surface area contributed by atoms with Gasteiger partial charge in [0.1, 0.15) is 12.3 Å². The lowest BCUT2D eigenvalue weighted by atomic mass is 10.1. The lowest BCUT2D eigenvalue weighted by Gasteiger charge is -2.12. The Morgan fingerprint density at radius 1 is 1.12 bits per heavy atom. The maximum atomic E-state index is 12.6. The van der Waals surface area contributed by atoms with Crippen molar-refractivity contribution in [3.8, 4) is 5.75 Å². The van der Waals surface area contributed by atoms with E-state index in [0.29, 0.717) is 17.0 Å². The smallest absolute Gasteiger partial charge is 0.326 e. The summed E-state index contributed by atoms with van der Waals surface area (Å²) >= 11 is 0.730. The van der Waals surface area contributed by atoms with Gasteiger partial charge in [-0.1, -0.05) is 35.9 Å². The van der Waals surface area contributed by atoms with Gasteiger partial charge >= 0.3 is 5.97 Å². The summed E-state index contributed by atoms with van der Waals surface area (Å²) < 4.78 is 10.5. The first-order valence-corrected chi connectivity index (χ1v) is 11.1. The second-order valence-electron chi connectivity index (χ2n) is 7.27. The third-order valence-corrected chi connectivity index (χ3v) is 5.59. The van der Waals surface area contributed by atoms with Gasteiger partial charge in [-0.2, -0.15) is 0 Å². The van der Waals surface area contributed by atoms with Crippen LogP contribution in [-0.4, -0.2) is 47.7 Å². The zero-order valence-corrected chi connectivity index (χ0v) is 19.4. The van der Waals surface area contributed by atoms with E-state index in [1.165, 1.54) is 6.08 Å². The lowest BCUT2D eigenvalue weighted by Crippen LogP contribution is -2.34. The van der Waals surface area contributed by atoms with Crippen LogP contribution in [0, 0.1) is 13.8 Å². The molecule has 1 aliphatic heterocycles. The van der Waals surface area contributed by atoms with Gasteiger partial charge in [0, 0.05) is 11.3 Å². The van der Waals surface area contributed by atoms with Gasteiger partial charge in [-0.05, 0) is 56.3 Å². The zero-order chi connectivity index (χ0) is 24.0. The number of hydrogen-bond acceptors (Lipinski definition) is 7. The molecule has 0 atom stereocenters. The van der Waals surface area contributed by atoms with Crippen molar-refractivity contribution < 1.29 is 28.7 Å². The minimum absolute atomic E-state index is 0.153. The fraction of sp³-hybridized carbons (Fsp3) is 0.250.